The van der Waals surface area contributed by atoms with Gasteiger partial charge in [-0.2, -0.15) is 0 Å². The first-order valence-corrected chi connectivity index (χ1v) is 8.39. The van der Waals surface area contributed by atoms with E-state index in [9.17, 15) is 14.4 Å². The fourth-order valence-electron chi connectivity index (χ4n) is 2.53. The topological polar surface area (TPSA) is 103 Å². The van der Waals surface area contributed by atoms with Gasteiger partial charge in [0.15, 0.2) is 11.5 Å². The van der Waals surface area contributed by atoms with E-state index in [1.807, 2.05) is 0 Å². The van der Waals surface area contributed by atoms with Crippen molar-refractivity contribution in [2.24, 2.45) is 0 Å². The second-order valence-electron chi connectivity index (χ2n) is 5.84. The number of Topliss-reactive ketones (excluding diaryl/α,β-unsaturated/α-hetero) is 1. The van der Waals surface area contributed by atoms with Crippen molar-refractivity contribution in [3.8, 4) is 17.2 Å². The van der Waals surface area contributed by atoms with Crippen LogP contribution in [0.3, 0.4) is 0 Å². The Morgan fingerprint density at radius 1 is 0.857 bits per heavy atom. The number of anilines is 2. The molecular weight excluding hydrogens is 364 g/mol. The quantitative estimate of drug-likeness (QED) is 0.676. The number of rotatable bonds is 8. The number of ketones is 1. The van der Waals surface area contributed by atoms with Crippen LogP contribution in [-0.4, -0.2) is 38.9 Å². The number of nitrogens with one attached hydrogen (secondary N) is 2. The average Bonchev–Trinajstić information content (AvgIpc) is 2.67. The van der Waals surface area contributed by atoms with Crippen LogP contribution in [0, 0.1) is 0 Å². The summed E-state index contributed by atoms with van der Waals surface area (Å²) in [5.41, 5.74) is 1.05. The Hall–Kier alpha value is -3.55. The molecular formula is C20H22N2O6. The highest BCUT2D eigenvalue weighted by Gasteiger charge is 2.18. The molecule has 28 heavy (non-hydrogen) atoms. The van der Waals surface area contributed by atoms with Crippen molar-refractivity contribution >= 4 is 29.0 Å². The number of amides is 2. The number of carbonyl (C=O) groups is 3. The molecule has 0 saturated heterocycles. The van der Waals surface area contributed by atoms with Crippen LogP contribution < -0.4 is 24.8 Å². The monoisotopic (exact) mass is 386 g/mol. The van der Waals surface area contributed by atoms with Crippen LogP contribution in [0.25, 0.3) is 0 Å². The van der Waals surface area contributed by atoms with E-state index in [-0.39, 0.29) is 17.8 Å². The lowest BCUT2D eigenvalue weighted by molar-refractivity contribution is -0.124. The molecule has 0 radical (unpaired) electrons. The third-order valence-electron chi connectivity index (χ3n) is 3.79. The maximum Gasteiger partial charge on any atom is 0.255 e. The van der Waals surface area contributed by atoms with Crippen LogP contribution in [0.5, 0.6) is 17.2 Å². The van der Waals surface area contributed by atoms with E-state index >= 15 is 0 Å². The molecule has 0 fully saturated rings. The minimum atomic E-state index is -0.456. The Labute approximate surface area is 162 Å². The smallest absolute Gasteiger partial charge is 0.255 e. The molecule has 148 valence electrons. The van der Waals surface area contributed by atoms with Crippen LogP contribution in [0.1, 0.15) is 23.7 Å². The molecule has 2 amide bonds. The molecule has 2 rings (SSSR count). The van der Waals surface area contributed by atoms with E-state index in [0.29, 0.717) is 28.6 Å². The van der Waals surface area contributed by atoms with Gasteiger partial charge in [0.25, 0.3) is 5.91 Å². The molecule has 0 aliphatic heterocycles. The van der Waals surface area contributed by atoms with Gasteiger partial charge in [-0.3, -0.25) is 14.4 Å². The largest absolute Gasteiger partial charge is 0.493 e. The Balaban J connectivity index is 2.28. The van der Waals surface area contributed by atoms with E-state index in [1.165, 1.54) is 40.4 Å². The Morgan fingerprint density at radius 3 is 1.86 bits per heavy atom. The van der Waals surface area contributed by atoms with Crippen LogP contribution in [0.2, 0.25) is 0 Å². The molecule has 0 unspecified atom stereocenters. The van der Waals surface area contributed by atoms with Crippen LogP contribution in [0.15, 0.2) is 36.4 Å². The molecule has 0 bridgehead atoms. The van der Waals surface area contributed by atoms with Crippen molar-refractivity contribution < 1.29 is 28.6 Å². The SMILES string of the molecule is COc1cc(C(=O)Nc2ccccc2NC(=O)CC(C)=O)cc(OC)c1OC. The zero-order valence-electron chi connectivity index (χ0n) is 16.1. The molecule has 0 aliphatic rings. The Kier molecular flexibility index (Phi) is 6.97. The first kappa shape index (κ1) is 20.8. The normalized spacial score (nSPS) is 10.0. The molecule has 0 aromatic heterocycles. The fraction of sp³-hybridized carbons (Fsp3) is 0.250. The van der Waals surface area contributed by atoms with Gasteiger partial charge in [0.2, 0.25) is 11.7 Å². The number of carbonyl (C=O) groups excluding carboxylic acids is 3. The van der Waals surface area contributed by atoms with Gasteiger partial charge in [-0.15, -0.1) is 0 Å². The molecule has 2 aromatic rings. The highest BCUT2D eigenvalue weighted by molar-refractivity contribution is 6.09. The van der Waals surface area contributed by atoms with E-state index in [4.69, 9.17) is 14.2 Å². The summed E-state index contributed by atoms with van der Waals surface area (Å²) in [6.45, 7) is 1.33. The van der Waals surface area contributed by atoms with Crippen molar-refractivity contribution in [1.82, 2.24) is 0 Å². The molecule has 0 atom stereocenters. The lowest BCUT2D eigenvalue weighted by atomic mass is 10.1. The highest BCUT2D eigenvalue weighted by atomic mass is 16.5. The number of para-hydroxylation sites is 2. The maximum atomic E-state index is 12.7. The maximum absolute atomic E-state index is 12.7. The van der Waals surface area contributed by atoms with E-state index in [0.717, 1.165) is 0 Å². The first-order valence-electron chi connectivity index (χ1n) is 8.39. The summed E-state index contributed by atoms with van der Waals surface area (Å²) in [5, 5.41) is 5.35. The van der Waals surface area contributed by atoms with Crippen molar-refractivity contribution in [3.63, 3.8) is 0 Å². The predicted octanol–water partition coefficient (Wildman–Crippen LogP) is 2.88. The first-order chi connectivity index (χ1) is 13.4. The van der Waals surface area contributed by atoms with E-state index in [1.54, 1.807) is 24.3 Å². The molecule has 2 aromatic carbocycles. The second kappa shape index (κ2) is 9.40. The molecule has 0 saturated carbocycles. The second-order valence-corrected chi connectivity index (χ2v) is 5.84. The minimum absolute atomic E-state index is 0.241. The van der Waals surface area contributed by atoms with Gasteiger partial charge < -0.3 is 24.8 Å². The molecule has 0 aliphatic carbocycles. The van der Waals surface area contributed by atoms with Gasteiger partial charge in [-0.25, -0.2) is 0 Å². The van der Waals surface area contributed by atoms with Gasteiger partial charge in [0, 0.05) is 5.56 Å². The number of hydrogen-bond donors (Lipinski definition) is 2. The fourth-order valence-corrected chi connectivity index (χ4v) is 2.53. The lowest BCUT2D eigenvalue weighted by Gasteiger charge is -2.15. The number of ether oxygens (including phenoxy) is 3. The average molecular weight is 386 g/mol. The van der Waals surface area contributed by atoms with Gasteiger partial charge in [0.1, 0.15) is 5.78 Å². The minimum Gasteiger partial charge on any atom is -0.493 e. The molecule has 8 nitrogen and oxygen atoms in total. The number of benzene rings is 2. The van der Waals surface area contributed by atoms with E-state index in [2.05, 4.69) is 10.6 Å². The summed E-state index contributed by atoms with van der Waals surface area (Å²) in [6.07, 6.45) is -0.241. The van der Waals surface area contributed by atoms with Crippen LogP contribution >= 0.6 is 0 Å². The molecule has 2 N–H and O–H groups in total. The molecule has 0 spiro atoms. The predicted molar refractivity (Wildman–Crippen MR) is 104 cm³/mol. The molecule has 8 heteroatoms. The summed E-state index contributed by atoms with van der Waals surface area (Å²) in [4.78, 5) is 35.7. The van der Waals surface area contributed by atoms with Gasteiger partial charge in [-0.1, -0.05) is 12.1 Å². The third kappa shape index (κ3) is 5.00. The van der Waals surface area contributed by atoms with Gasteiger partial charge >= 0.3 is 0 Å². The summed E-state index contributed by atoms with van der Waals surface area (Å²) in [5.74, 6) is -0.0884. The Morgan fingerprint density at radius 2 is 1.39 bits per heavy atom. The third-order valence-corrected chi connectivity index (χ3v) is 3.79. The van der Waals surface area contributed by atoms with Crippen molar-refractivity contribution in [2.45, 2.75) is 13.3 Å². The van der Waals surface area contributed by atoms with Crippen molar-refractivity contribution in [3.05, 3.63) is 42.0 Å². The van der Waals surface area contributed by atoms with Crippen LogP contribution in [0.4, 0.5) is 11.4 Å². The van der Waals surface area contributed by atoms with E-state index < -0.39 is 11.8 Å². The lowest BCUT2D eigenvalue weighted by Crippen LogP contribution is -2.18. The summed E-state index contributed by atoms with van der Waals surface area (Å²) >= 11 is 0. The van der Waals surface area contributed by atoms with Gasteiger partial charge in [0.05, 0.1) is 39.1 Å². The number of hydrogen-bond acceptors (Lipinski definition) is 6. The molecule has 0 heterocycles. The van der Waals surface area contributed by atoms with Gasteiger partial charge in [-0.05, 0) is 31.2 Å². The number of methoxy groups -OCH3 is 3. The summed E-state index contributed by atoms with van der Waals surface area (Å²) in [6, 6.07) is 9.73. The zero-order chi connectivity index (χ0) is 20.7. The highest BCUT2D eigenvalue weighted by Crippen LogP contribution is 2.38. The summed E-state index contributed by atoms with van der Waals surface area (Å²) in [7, 11) is 4.39. The zero-order valence-corrected chi connectivity index (χ0v) is 16.1. The Bertz CT molecular complexity index is 869. The summed E-state index contributed by atoms with van der Waals surface area (Å²) < 4.78 is 15.8. The standard InChI is InChI=1S/C20H22N2O6/c1-12(23)9-18(24)21-14-7-5-6-8-15(14)22-20(25)13-10-16(26-2)19(28-4)17(11-13)27-3/h5-8,10-11H,9H2,1-4H3,(H,21,24)(H,22,25). The van der Waals surface area contributed by atoms with Crippen molar-refractivity contribution in [1.29, 1.82) is 0 Å². The van der Waals surface area contributed by atoms with Crippen LogP contribution in [-0.2, 0) is 9.59 Å². The van der Waals surface area contributed by atoms with Crippen molar-refractivity contribution in [2.75, 3.05) is 32.0 Å².